The number of imidazole rings is 1. The van der Waals surface area contributed by atoms with E-state index in [0.29, 0.717) is 49.1 Å². The topological polar surface area (TPSA) is 150 Å². The first kappa shape index (κ1) is 29.9. The van der Waals surface area contributed by atoms with E-state index in [1.165, 1.54) is 11.1 Å². The number of aromatic nitrogens is 4. The molecule has 232 valence electrons. The number of nitrogens with one attached hydrogen (secondary N) is 3. The van der Waals surface area contributed by atoms with Crippen LogP contribution in [0, 0.1) is 0 Å². The Labute approximate surface area is 256 Å². The Kier molecular flexibility index (Phi) is 8.76. The average molecular weight is 601 g/mol. The Morgan fingerprint density at radius 1 is 1.00 bits per heavy atom. The molecule has 0 bridgehead atoms. The van der Waals surface area contributed by atoms with E-state index >= 15 is 0 Å². The summed E-state index contributed by atoms with van der Waals surface area (Å²) in [6, 6.07) is 20.8. The number of amides is 1. The summed E-state index contributed by atoms with van der Waals surface area (Å²) in [4.78, 5) is 27.3. The predicted molar refractivity (Wildman–Crippen MR) is 167 cm³/mol. The summed E-state index contributed by atoms with van der Waals surface area (Å²) < 4.78 is 20.5. The van der Waals surface area contributed by atoms with E-state index in [0.717, 1.165) is 6.42 Å². The van der Waals surface area contributed by atoms with Gasteiger partial charge in [-0.05, 0) is 44.9 Å². The van der Waals surface area contributed by atoms with Crippen molar-refractivity contribution in [2.24, 2.45) is 5.73 Å². The van der Waals surface area contributed by atoms with Crippen LogP contribution in [0.2, 0.25) is 0 Å². The molecule has 6 rings (SSSR count). The molecule has 2 aromatic heterocycles. The zero-order chi connectivity index (χ0) is 30.7. The molecule has 0 saturated carbocycles. The lowest BCUT2D eigenvalue weighted by atomic mass is 9.91. The maximum Gasteiger partial charge on any atom is 0.252 e. The molecule has 0 radical (unpaired) electrons. The van der Waals surface area contributed by atoms with Crippen molar-refractivity contribution in [1.29, 1.82) is 0 Å². The van der Waals surface area contributed by atoms with E-state index < -0.39 is 30.3 Å². The van der Waals surface area contributed by atoms with Crippen molar-refractivity contribution in [2.75, 3.05) is 36.8 Å². The molecule has 4 heterocycles. The molecule has 12 nitrogen and oxygen atoms in total. The normalized spacial score (nSPS) is 22.3. The molecule has 4 aromatic rings. The number of carbonyl (C=O) groups excluding carboxylic acids is 1. The lowest BCUT2D eigenvalue weighted by Crippen LogP contribution is -2.42. The van der Waals surface area contributed by atoms with Crippen LogP contribution in [0.1, 0.15) is 50.5 Å². The van der Waals surface area contributed by atoms with Crippen LogP contribution in [0.15, 0.2) is 67.0 Å². The number of ether oxygens (including phenoxy) is 3. The van der Waals surface area contributed by atoms with Gasteiger partial charge < -0.3 is 35.9 Å². The van der Waals surface area contributed by atoms with Crippen molar-refractivity contribution in [1.82, 2.24) is 24.8 Å². The van der Waals surface area contributed by atoms with Crippen molar-refractivity contribution in [2.45, 2.75) is 63.4 Å². The fraction of sp³-hybridized carbons (Fsp3) is 0.438. The molecule has 5 N–H and O–H groups in total. The van der Waals surface area contributed by atoms with Crippen molar-refractivity contribution >= 4 is 28.8 Å². The van der Waals surface area contributed by atoms with Gasteiger partial charge in [-0.2, -0.15) is 9.97 Å². The summed E-state index contributed by atoms with van der Waals surface area (Å²) >= 11 is 0. The highest BCUT2D eigenvalue weighted by Gasteiger charge is 2.58. The summed E-state index contributed by atoms with van der Waals surface area (Å²) in [5.74, 6) is -0.0330. The Hall–Kier alpha value is -4.10. The number of nitrogens with two attached hydrogens (primary N) is 1. The van der Waals surface area contributed by atoms with Gasteiger partial charge in [-0.15, -0.1) is 0 Å². The Morgan fingerprint density at radius 3 is 2.34 bits per heavy atom. The van der Waals surface area contributed by atoms with E-state index in [9.17, 15) is 4.79 Å². The highest BCUT2D eigenvalue weighted by atomic mass is 16.8. The largest absolute Gasteiger partial charge is 0.367 e. The van der Waals surface area contributed by atoms with Gasteiger partial charge in [-0.25, -0.2) is 4.98 Å². The van der Waals surface area contributed by atoms with E-state index in [4.69, 9.17) is 34.9 Å². The lowest BCUT2D eigenvalue weighted by molar-refractivity contribution is -0.197. The molecule has 44 heavy (non-hydrogen) atoms. The summed E-state index contributed by atoms with van der Waals surface area (Å²) in [5.41, 5.74) is 9.24. The van der Waals surface area contributed by atoms with Crippen LogP contribution in [-0.4, -0.2) is 75.7 Å². The Morgan fingerprint density at radius 2 is 1.68 bits per heavy atom. The van der Waals surface area contributed by atoms with Crippen LogP contribution in [0.25, 0.3) is 11.2 Å². The second-order valence-electron chi connectivity index (χ2n) is 11.5. The molecule has 0 unspecified atom stereocenters. The molecule has 2 saturated heterocycles. The van der Waals surface area contributed by atoms with Crippen LogP contribution in [0.4, 0.5) is 11.8 Å². The molecule has 12 heteroatoms. The third-order valence-electron chi connectivity index (χ3n) is 7.88. The van der Waals surface area contributed by atoms with Crippen LogP contribution in [0.5, 0.6) is 0 Å². The summed E-state index contributed by atoms with van der Waals surface area (Å²) in [5, 5.41) is 9.72. The third-order valence-corrected chi connectivity index (χ3v) is 7.88. The number of anilines is 2. The Balaban J connectivity index is 1.36. The van der Waals surface area contributed by atoms with Gasteiger partial charge in [0.25, 0.3) is 5.91 Å². The number of likely N-dealkylation sites (N-methyl/N-ethyl adjacent to an activating group) is 1. The van der Waals surface area contributed by atoms with E-state index in [-0.39, 0.29) is 11.8 Å². The van der Waals surface area contributed by atoms with Gasteiger partial charge in [0.05, 0.1) is 6.33 Å². The second kappa shape index (κ2) is 12.9. The molecule has 2 aliphatic heterocycles. The quantitative estimate of drug-likeness (QED) is 0.178. The number of benzene rings is 2. The van der Waals surface area contributed by atoms with Crippen molar-refractivity contribution in [3.05, 3.63) is 78.1 Å². The van der Waals surface area contributed by atoms with Crippen molar-refractivity contribution < 1.29 is 19.0 Å². The first-order valence-electron chi connectivity index (χ1n) is 15.2. The highest BCUT2D eigenvalue weighted by molar-refractivity contribution is 5.85. The predicted octanol–water partition coefficient (Wildman–Crippen LogP) is 3.38. The minimum Gasteiger partial charge on any atom is -0.367 e. The molecular weight excluding hydrogens is 560 g/mol. The highest BCUT2D eigenvalue weighted by Crippen LogP contribution is 2.44. The smallest absolute Gasteiger partial charge is 0.252 e. The van der Waals surface area contributed by atoms with Crippen molar-refractivity contribution in [3.63, 3.8) is 0 Å². The van der Waals surface area contributed by atoms with Crippen LogP contribution in [-0.2, 0) is 19.0 Å². The van der Waals surface area contributed by atoms with E-state index in [1.54, 1.807) is 6.33 Å². The number of carbonyl (C=O) groups is 1. The van der Waals surface area contributed by atoms with E-state index in [1.807, 2.05) is 61.7 Å². The number of nitrogens with zero attached hydrogens (tertiary/aromatic N) is 4. The minimum atomic E-state index is -0.876. The van der Waals surface area contributed by atoms with Gasteiger partial charge in [-0.3, -0.25) is 9.36 Å². The SMILES string of the molecule is CCNC(=O)[C@H]1O[C@@H](n2cnc3c(NCC(c4ccccc4)c4ccccc4)nc(NCCCN)nc32)[C@@H]2OC(C)(C)O[C@@H]21. The standard InChI is InChI=1S/C32H40N8O4/c1-4-34-29(41)25-24-26(44-32(2,3)43-24)30(42-25)40-19-37-23-27(38-31(39-28(23)40)35-17-11-16-33)36-18-22(20-12-7-5-8-13-20)21-14-9-6-10-15-21/h5-10,12-15,19,22,24-26,30H,4,11,16-18,33H2,1-3H3,(H,34,41)(H2,35,36,38,39)/t24-,25+,26-,30-/m1/s1. The van der Waals surface area contributed by atoms with E-state index in [2.05, 4.69) is 40.2 Å². The molecular formula is C32H40N8O4. The molecule has 2 aromatic carbocycles. The number of fused-ring (bicyclic) bond motifs is 2. The van der Waals surface area contributed by atoms with Gasteiger partial charge in [0.2, 0.25) is 5.95 Å². The molecule has 4 atom stereocenters. The van der Waals surface area contributed by atoms with Gasteiger partial charge in [0, 0.05) is 25.6 Å². The zero-order valence-electron chi connectivity index (χ0n) is 25.3. The van der Waals surface area contributed by atoms with Gasteiger partial charge in [0.1, 0.15) is 12.2 Å². The van der Waals surface area contributed by atoms with Gasteiger partial charge >= 0.3 is 0 Å². The summed E-state index contributed by atoms with van der Waals surface area (Å²) in [6.45, 7) is 7.75. The first-order valence-corrected chi connectivity index (χ1v) is 15.2. The maximum atomic E-state index is 13.0. The Bertz CT molecular complexity index is 1530. The van der Waals surface area contributed by atoms with Crippen molar-refractivity contribution in [3.8, 4) is 0 Å². The second-order valence-corrected chi connectivity index (χ2v) is 11.5. The molecule has 1 amide bonds. The maximum absolute atomic E-state index is 13.0. The van der Waals surface area contributed by atoms with Crippen LogP contribution in [0.3, 0.4) is 0 Å². The molecule has 2 fully saturated rings. The molecule has 0 aliphatic carbocycles. The lowest BCUT2D eigenvalue weighted by Gasteiger charge is -2.24. The minimum absolute atomic E-state index is 0.0705. The third kappa shape index (κ3) is 6.11. The summed E-state index contributed by atoms with van der Waals surface area (Å²) in [6.07, 6.45) is -0.244. The fourth-order valence-electron chi connectivity index (χ4n) is 5.89. The zero-order valence-corrected chi connectivity index (χ0v) is 25.3. The monoisotopic (exact) mass is 600 g/mol. The summed E-state index contributed by atoms with van der Waals surface area (Å²) in [7, 11) is 0. The van der Waals surface area contributed by atoms with Crippen LogP contribution < -0.4 is 21.7 Å². The van der Waals surface area contributed by atoms with Gasteiger partial charge in [0.15, 0.2) is 35.1 Å². The van der Waals surface area contributed by atoms with Gasteiger partial charge in [-0.1, -0.05) is 60.7 Å². The molecule has 2 aliphatic rings. The first-order chi connectivity index (χ1) is 21.4. The number of rotatable bonds is 12. The van der Waals surface area contributed by atoms with Crippen LogP contribution >= 0.6 is 0 Å². The number of hydrogen-bond acceptors (Lipinski definition) is 10. The number of hydrogen-bond donors (Lipinski definition) is 4. The molecule has 0 spiro atoms. The average Bonchev–Trinajstić information content (AvgIpc) is 3.69. The fourth-order valence-corrected chi connectivity index (χ4v) is 5.89.